The van der Waals surface area contributed by atoms with Gasteiger partial charge >= 0.3 is 11.9 Å². The normalized spacial score (nSPS) is 17.9. The van der Waals surface area contributed by atoms with Crippen LogP contribution in [-0.2, 0) is 23.9 Å². The Labute approximate surface area is 230 Å². The number of nitrogens with two attached hydrogens (primary N) is 3. The first-order chi connectivity index (χ1) is 19.0. The largest absolute Gasteiger partial charge is 0.479 e. The minimum absolute atomic E-state index is 0.00615. The number of nitro benzene ring substituents is 1. The van der Waals surface area contributed by atoms with Crippen LogP contribution in [0.3, 0.4) is 0 Å². The molecule has 1 aliphatic rings. The van der Waals surface area contributed by atoms with Gasteiger partial charge in [-0.05, 0) is 50.7 Å². The number of carbonyl (C=O) groups excluding carboxylic acids is 3. The highest BCUT2D eigenvalue weighted by molar-refractivity contribution is 6.07. The van der Waals surface area contributed by atoms with E-state index in [1.54, 1.807) is 12.1 Å². The fraction of sp³-hybridized carbons (Fsp3) is 0.542. The lowest BCUT2D eigenvalue weighted by Crippen LogP contribution is -2.67. The van der Waals surface area contributed by atoms with E-state index in [1.165, 1.54) is 12.1 Å². The van der Waals surface area contributed by atoms with Crippen LogP contribution in [0.4, 0.5) is 11.4 Å². The molecule has 1 atom stereocenters. The van der Waals surface area contributed by atoms with Crippen LogP contribution < -0.4 is 27.8 Å². The van der Waals surface area contributed by atoms with Gasteiger partial charge in [0.15, 0.2) is 5.96 Å². The molecule has 1 fully saturated rings. The van der Waals surface area contributed by atoms with E-state index >= 15 is 0 Å². The maximum absolute atomic E-state index is 13.5. The summed E-state index contributed by atoms with van der Waals surface area (Å²) >= 11 is 0. The minimum Gasteiger partial charge on any atom is -0.479 e. The van der Waals surface area contributed by atoms with Gasteiger partial charge in [-0.2, -0.15) is 0 Å². The highest BCUT2D eigenvalue weighted by Gasteiger charge is 2.56. The standard InChI is InChI=1S/C24H36N8O8/c1-40-22(37)24(21(35)36,11-2-12-28-23(26)27)31(20(34)14-29-19(33)13-25)17-7-3-15(4-8-17)30-16-5-9-18(10-6-16)32(38)39/h5-6,9-10,15,17,30H,2-4,7-8,11-14,25H2,1H3,(H,29,33)(H,35,36)(H4,26,27,28)/t15?,17?,24-/m0/s1. The molecule has 1 aromatic rings. The van der Waals surface area contributed by atoms with Crippen molar-refractivity contribution in [1.82, 2.24) is 10.2 Å². The number of aliphatic imine (C=N–C) groups is 1. The van der Waals surface area contributed by atoms with Crippen molar-refractivity contribution in [2.24, 2.45) is 22.2 Å². The number of hydrogen-bond acceptors (Lipinski definition) is 10. The summed E-state index contributed by atoms with van der Waals surface area (Å²) in [5.41, 5.74) is 14.2. The molecule has 0 aliphatic heterocycles. The van der Waals surface area contributed by atoms with Gasteiger partial charge in [0.2, 0.25) is 17.4 Å². The Morgan fingerprint density at radius 1 is 1.18 bits per heavy atom. The molecule has 2 rings (SSSR count). The van der Waals surface area contributed by atoms with Crippen LogP contribution in [-0.4, -0.2) is 89.0 Å². The Morgan fingerprint density at radius 2 is 1.80 bits per heavy atom. The van der Waals surface area contributed by atoms with Crippen LogP contribution in [0.25, 0.3) is 0 Å². The van der Waals surface area contributed by atoms with Gasteiger partial charge in [0.05, 0.1) is 25.1 Å². The van der Waals surface area contributed by atoms with Gasteiger partial charge in [-0.1, -0.05) is 0 Å². The van der Waals surface area contributed by atoms with E-state index in [9.17, 15) is 34.4 Å². The van der Waals surface area contributed by atoms with Crippen molar-refractivity contribution < 1.29 is 33.9 Å². The van der Waals surface area contributed by atoms with Crippen LogP contribution in [0.15, 0.2) is 29.3 Å². The number of amides is 2. The zero-order chi connectivity index (χ0) is 29.9. The number of aliphatic carboxylic acids is 1. The van der Waals surface area contributed by atoms with Gasteiger partial charge < -0.3 is 42.6 Å². The number of non-ortho nitro benzene ring substituents is 1. The molecular weight excluding hydrogens is 528 g/mol. The Hall–Kier alpha value is -4.47. The Kier molecular flexibility index (Phi) is 11.6. The molecule has 220 valence electrons. The van der Waals surface area contributed by atoms with Crippen LogP contribution in [0.5, 0.6) is 0 Å². The lowest BCUT2D eigenvalue weighted by molar-refractivity contribution is -0.384. The van der Waals surface area contributed by atoms with Crippen LogP contribution in [0, 0.1) is 10.1 Å². The molecule has 2 amide bonds. The number of nitrogens with one attached hydrogen (secondary N) is 2. The Bertz CT molecular complexity index is 1100. The lowest BCUT2D eigenvalue weighted by atomic mass is 9.83. The summed E-state index contributed by atoms with van der Waals surface area (Å²) in [6.45, 7) is -0.949. The third-order valence-corrected chi connectivity index (χ3v) is 6.68. The van der Waals surface area contributed by atoms with Gasteiger partial charge in [-0.25, -0.2) is 9.59 Å². The topological polar surface area (TPSA) is 259 Å². The van der Waals surface area contributed by atoms with Crippen molar-refractivity contribution in [3.05, 3.63) is 34.4 Å². The number of nitro groups is 1. The molecule has 0 bridgehead atoms. The first-order valence-electron chi connectivity index (χ1n) is 12.6. The SMILES string of the molecule is COC(=O)[C@](CCCN=C(N)N)(C(=O)O)N(C(=O)CNC(=O)CN)C1CCC(Nc2ccc([N+](=O)[O-])cc2)CC1. The average Bonchev–Trinajstić information content (AvgIpc) is 2.93. The van der Waals surface area contributed by atoms with Crippen LogP contribution in [0.2, 0.25) is 0 Å². The van der Waals surface area contributed by atoms with Crippen LogP contribution >= 0.6 is 0 Å². The summed E-state index contributed by atoms with van der Waals surface area (Å²) in [6, 6.07) is 5.17. The van der Waals surface area contributed by atoms with Crippen molar-refractivity contribution in [1.29, 1.82) is 0 Å². The van der Waals surface area contributed by atoms with Crippen molar-refractivity contribution in [3.63, 3.8) is 0 Å². The summed E-state index contributed by atoms with van der Waals surface area (Å²) in [5.74, 6) is -4.36. The summed E-state index contributed by atoms with van der Waals surface area (Å²) in [7, 11) is 1.03. The summed E-state index contributed by atoms with van der Waals surface area (Å²) in [6.07, 6.45) is 1.32. The van der Waals surface area contributed by atoms with Gasteiger partial charge in [0.25, 0.3) is 5.69 Å². The number of esters is 1. The predicted molar refractivity (Wildman–Crippen MR) is 144 cm³/mol. The number of carbonyl (C=O) groups is 4. The number of ether oxygens (including phenoxy) is 1. The first-order valence-corrected chi connectivity index (χ1v) is 12.6. The van der Waals surface area contributed by atoms with Gasteiger partial charge in [0.1, 0.15) is 0 Å². The zero-order valence-corrected chi connectivity index (χ0v) is 22.2. The molecular formula is C24H36N8O8. The van der Waals surface area contributed by atoms with E-state index in [0.717, 1.165) is 12.0 Å². The Balaban J connectivity index is 2.33. The number of carboxylic acids is 1. The number of guanidine groups is 1. The monoisotopic (exact) mass is 564 g/mol. The average molecular weight is 565 g/mol. The summed E-state index contributed by atoms with van der Waals surface area (Å²) in [5, 5.41) is 26.9. The third-order valence-electron chi connectivity index (χ3n) is 6.68. The lowest BCUT2D eigenvalue weighted by Gasteiger charge is -2.45. The number of benzene rings is 1. The molecule has 16 nitrogen and oxygen atoms in total. The molecule has 0 heterocycles. The maximum Gasteiger partial charge on any atom is 0.343 e. The van der Waals surface area contributed by atoms with E-state index in [4.69, 9.17) is 21.9 Å². The second-order valence-electron chi connectivity index (χ2n) is 9.27. The number of nitrogens with zero attached hydrogens (tertiary/aromatic N) is 3. The molecule has 16 heteroatoms. The number of hydrogen-bond donors (Lipinski definition) is 6. The fourth-order valence-corrected chi connectivity index (χ4v) is 4.78. The zero-order valence-electron chi connectivity index (χ0n) is 22.2. The number of carboxylic acid groups (broad SMARTS) is 1. The number of rotatable bonds is 14. The quantitative estimate of drug-likeness (QED) is 0.0311. The van der Waals surface area contributed by atoms with Gasteiger partial charge in [0, 0.05) is 36.4 Å². The molecule has 0 aromatic heterocycles. The van der Waals surface area contributed by atoms with Gasteiger partial charge in [-0.15, -0.1) is 0 Å². The van der Waals surface area contributed by atoms with Crippen molar-refractivity contribution in [3.8, 4) is 0 Å². The van der Waals surface area contributed by atoms with Crippen molar-refractivity contribution in [2.75, 3.05) is 32.1 Å². The van der Waals surface area contributed by atoms with E-state index in [-0.39, 0.29) is 43.6 Å². The van der Waals surface area contributed by atoms with Gasteiger partial charge in [-0.3, -0.25) is 24.7 Å². The smallest absolute Gasteiger partial charge is 0.343 e. The Morgan fingerprint density at radius 3 is 2.30 bits per heavy atom. The van der Waals surface area contributed by atoms with Crippen molar-refractivity contribution >= 4 is 41.1 Å². The third kappa shape index (κ3) is 8.02. The van der Waals surface area contributed by atoms with E-state index in [1.807, 2.05) is 0 Å². The van der Waals surface area contributed by atoms with Crippen molar-refractivity contribution in [2.45, 2.75) is 56.1 Å². The molecule has 0 saturated heterocycles. The van der Waals surface area contributed by atoms with Crippen LogP contribution in [0.1, 0.15) is 38.5 Å². The molecule has 1 saturated carbocycles. The maximum atomic E-state index is 13.5. The molecule has 0 radical (unpaired) electrons. The number of methoxy groups -OCH3 is 1. The molecule has 0 unspecified atom stereocenters. The highest BCUT2D eigenvalue weighted by Crippen LogP contribution is 2.34. The second-order valence-corrected chi connectivity index (χ2v) is 9.27. The molecule has 9 N–H and O–H groups in total. The van der Waals surface area contributed by atoms with E-state index in [0.29, 0.717) is 31.4 Å². The molecule has 1 aliphatic carbocycles. The second kappa shape index (κ2) is 14.6. The molecule has 40 heavy (non-hydrogen) atoms. The highest BCUT2D eigenvalue weighted by atomic mass is 16.6. The van der Waals surface area contributed by atoms with E-state index in [2.05, 4.69) is 15.6 Å². The first kappa shape index (κ1) is 31.7. The minimum atomic E-state index is -2.40. The predicted octanol–water partition coefficient (Wildman–Crippen LogP) is -0.729. The molecule has 1 aromatic carbocycles. The fourth-order valence-electron chi connectivity index (χ4n) is 4.78. The summed E-state index contributed by atoms with van der Waals surface area (Å²) < 4.78 is 4.88. The number of anilines is 1. The van der Waals surface area contributed by atoms with E-state index < -0.39 is 46.8 Å². The molecule has 0 spiro atoms. The summed E-state index contributed by atoms with van der Waals surface area (Å²) in [4.78, 5) is 66.4.